The molecule has 0 aromatic heterocycles. The zero-order valence-electron chi connectivity index (χ0n) is 37.9. The molecule has 0 saturated carbocycles. The number of amides is 4. The van der Waals surface area contributed by atoms with Gasteiger partial charge >= 0.3 is 12.2 Å². The van der Waals surface area contributed by atoms with E-state index >= 15 is 0 Å². The van der Waals surface area contributed by atoms with Gasteiger partial charge in [-0.3, -0.25) is 9.59 Å². The van der Waals surface area contributed by atoms with Gasteiger partial charge in [-0.25, -0.2) is 9.59 Å². The molecule has 10 heteroatoms. The average Bonchev–Trinajstić information content (AvgIpc) is 3.22. The molecule has 0 radical (unpaired) electrons. The predicted octanol–water partition coefficient (Wildman–Crippen LogP) is 11.0. The SMILES string of the molecule is CN(Cc1c2ccccc2c(CN(C)C(=O)OC(C)(C)C)c2ccccc12)C(=O)CC=CCC(=O)N(C)Cc1c2ccccc2c(CN(C)C(=O)OC(C)(C)C)c2ccccc12. The molecule has 0 aliphatic carbocycles. The molecule has 62 heavy (non-hydrogen) atoms. The van der Waals surface area contributed by atoms with Gasteiger partial charge in [0.15, 0.2) is 0 Å². The van der Waals surface area contributed by atoms with Gasteiger partial charge in [-0.15, -0.1) is 0 Å². The third kappa shape index (κ3) is 10.5. The lowest BCUT2D eigenvalue weighted by atomic mass is 9.91. The molecule has 0 N–H and O–H groups in total. The highest BCUT2D eigenvalue weighted by Gasteiger charge is 2.25. The molecule has 0 aliphatic rings. The zero-order valence-corrected chi connectivity index (χ0v) is 37.9. The van der Waals surface area contributed by atoms with Crippen LogP contribution in [0.15, 0.2) is 109 Å². The lowest BCUT2D eigenvalue weighted by molar-refractivity contribution is -0.130. The number of ether oxygens (including phenoxy) is 2. The monoisotopic (exact) mass is 836 g/mol. The second-order valence-corrected chi connectivity index (χ2v) is 18.1. The molecule has 6 aromatic rings. The standard InChI is InChI=1S/C52H60N4O6/c1-51(2,3)61-49(59)55(9)33-45-39-25-15-11-21-35(39)43(36-22-12-16-26-40(36)45)31-53(7)47(57)29-19-20-30-48(58)54(8)32-44-37-23-13-17-27-41(37)46(42-28-18-14-24-38(42)44)34-56(10)50(60)62-52(4,5)6/h11-28H,29-34H2,1-10H3. The summed E-state index contributed by atoms with van der Waals surface area (Å²) in [5.74, 6) is -0.140. The fourth-order valence-electron chi connectivity index (χ4n) is 7.91. The van der Waals surface area contributed by atoms with Crippen molar-refractivity contribution in [2.45, 2.75) is 91.8 Å². The number of benzene rings is 6. The highest BCUT2D eigenvalue weighted by Crippen LogP contribution is 2.36. The summed E-state index contributed by atoms with van der Waals surface area (Å²) in [7, 11) is 7.10. The Morgan fingerprint density at radius 2 is 0.613 bits per heavy atom. The molecule has 6 rings (SSSR count). The van der Waals surface area contributed by atoms with Crippen LogP contribution in [0, 0.1) is 0 Å². The zero-order chi connectivity index (χ0) is 44.9. The van der Waals surface area contributed by atoms with E-state index in [-0.39, 0.29) is 24.7 Å². The van der Waals surface area contributed by atoms with Crippen LogP contribution in [0.25, 0.3) is 43.1 Å². The summed E-state index contributed by atoms with van der Waals surface area (Å²) in [4.78, 5) is 59.7. The van der Waals surface area contributed by atoms with Gasteiger partial charge in [0.2, 0.25) is 11.8 Å². The Hall–Kier alpha value is -6.42. The molecule has 0 heterocycles. The molecule has 0 fully saturated rings. The summed E-state index contributed by atoms with van der Waals surface area (Å²) in [5, 5.41) is 8.14. The van der Waals surface area contributed by atoms with E-state index in [4.69, 9.17) is 9.47 Å². The first-order valence-electron chi connectivity index (χ1n) is 21.2. The number of carbonyl (C=O) groups is 4. The fraction of sp³-hybridized carbons (Fsp3) is 0.346. The molecular formula is C52H60N4O6. The molecule has 0 atom stereocenters. The molecule has 0 bridgehead atoms. The first-order chi connectivity index (χ1) is 29.3. The number of nitrogens with zero attached hydrogens (tertiary/aromatic N) is 4. The van der Waals surface area contributed by atoms with Crippen molar-refractivity contribution < 1.29 is 28.7 Å². The number of hydrogen-bond acceptors (Lipinski definition) is 6. The maximum atomic E-state index is 13.6. The summed E-state index contributed by atoms with van der Waals surface area (Å²) in [6, 6.07) is 32.5. The molecular weight excluding hydrogens is 777 g/mol. The molecule has 0 spiro atoms. The van der Waals surface area contributed by atoms with E-state index < -0.39 is 23.4 Å². The number of rotatable bonds is 12. The molecule has 10 nitrogen and oxygen atoms in total. The van der Waals surface area contributed by atoms with E-state index in [1.54, 1.807) is 59.9 Å². The lowest BCUT2D eigenvalue weighted by Crippen LogP contribution is -2.34. The fourth-order valence-corrected chi connectivity index (χ4v) is 7.91. The first-order valence-corrected chi connectivity index (χ1v) is 21.2. The Morgan fingerprint density at radius 1 is 0.403 bits per heavy atom. The van der Waals surface area contributed by atoms with Gasteiger partial charge in [-0.05, 0) is 107 Å². The summed E-state index contributed by atoms with van der Waals surface area (Å²) in [6.45, 7) is 12.6. The van der Waals surface area contributed by atoms with Gasteiger partial charge < -0.3 is 29.1 Å². The Kier molecular flexibility index (Phi) is 13.6. The van der Waals surface area contributed by atoms with Crippen molar-refractivity contribution in [3.63, 3.8) is 0 Å². The Balaban J connectivity index is 1.14. The predicted molar refractivity (Wildman–Crippen MR) is 250 cm³/mol. The van der Waals surface area contributed by atoms with Crippen molar-refractivity contribution in [1.82, 2.24) is 19.6 Å². The van der Waals surface area contributed by atoms with Crippen LogP contribution >= 0.6 is 0 Å². The van der Waals surface area contributed by atoms with E-state index in [1.807, 2.05) is 90.1 Å². The van der Waals surface area contributed by atoms with Gasteiger partial charge in [-0.2, -0.15) is 0 Å². The van der Waals surface area contributed by atoms with Gasteiger partial charge in [0.25, 0.3) is 0 Å². The first kappa shape index (κ1) is 45.1. The maximum absolute atomic E-state index is 13.6. The molecule has 0 saturated heterocycles. The van der Waals surface area contributed by atoms with Crippen LogP contribution in [0.3, 0.4) is 0 Å². The minimum atomic E-state index is -0.608. The second-order valence-electron chi connectivity index (χ2n) is 18.1. The average molecular weight is 837 g/mol. The summed E-state index contributed by atoms with van der Waals surface area (Å²) < 4.78 is 11.3. The van der Waals surface area contributed by atoms with Gasteiger partial charge in [0.1, 0.15) is 11.2 Å². The van der Waals surface area contributed by atoms with Crippen molar-refractivity contribution in [1.29, 1.82) is 0 Å². The highest BCUT2D eigenvalue weighted by atomic mass is 16.6. The van der Waals surface area contributed by atoms with E-state index in [0.717, 1.165) is 65.3 Å². The van der Waals surface area contributed by atoms with Crippen LogP contribution in [0.2, 0.25) is 0 Å². The summed E-state index contributed by atoms with van der Waals surface area (Å²) in [6.07, 6.45) is 3.06. The van der Waals surface area contributed by atoms with Crippen molar-refractivity contribution >= 4 is 67.1 Å². The maximum Gasteiger partial charge on any atom is 0.410 e. The van der Waals surface area contributed by atoms with Crippen LogP contribution in [0.4, 0.5) is 9.59 Å². The van der Waals surface area contributed by atoms with Crippen LogP contribution in [0.1, 0.15) is 76.6 Å². The second kappa shape index (κ2) is 18.7. The third-order valence-corrected chi connectivity index (χ3v) is 10.9. The Labute approximate surface area is 365 Å². The van der Waals surface area contributed by atoms with E-state index in [9.17, 15) is 19.2 Å². The van der Waals surface area contributed by atoms with Crippen molar-refractivity contribution in [2.24, 2.45) is 0 Å². The van der Waals surface area contributed by atoms with Crippen molar-refractivity contribution in [2.75, 3.05) is 28.2 Å². The van der Waals surface area contributed by atoms with Crippen LogP contribution < -0.4 is 0 Å². The quantitative estimate of drug-likeness (QED) is 0.0899. The van der Waals surface area contributed by atoms with E-state index in [1.165, 1.54) is 0 Å². The van der Waals surface area contributed by atoms with E-state index in [0.29, 0.717) is 26.2 Å². The molecule has 0 unspecified atom stereocenters. The normalized spacial score (nSPS) is 12.0. The minimum Gasteiger partial charge on any atom is -0.444 e. The number of fused-ring (bicyclic) bond motifs is 4. The lowest BCUT2D eigenvalue weighted by Gasteiger charge is -2.26. The Morgan fingerprint density at radius 3 is 0.823 bits per heavy atom. The minimum absolute atomic E-state index is 0.0701. The Bertz CT molecular complexity index is 2380. The summed E-state index contributed by atoms with van der Waals surface area (Å²) >= 11 is 0. The van der Waals surface area contributed by atoms with Crippen LogP contribution in [-0.2, 0) is 45.2 Å². The number of hydrogen-bond donors (Lipinski definition) is 0. The van der Waals surface area contributed by atoms with Gasteiger partial charge in [-0.1, -0.05) is 109 Å². The van der Waals surface area contributed by atoms with Crippen molar-refractivity contribution in [3.8, 4) is 0 Å². The molecule has 6 aromatic carbocycles. The van der Waals surface area contributed by atoms with Gasteiger partial charge in [0, 0.05) is 67.2 Å². The topological polar surface area (TPSA) is 99.7 Å². The van der Waals surface area contributed by atoms with E-state index in [2.05, 4.69) is 48.5 Å². The third-order valence-electron chi connectivity index (χ3n) is 10.9. The summed E-state index contributed by atoms with van der Waals surface area (Å²) in [5.41, 5.74) is 2.87. The van der Waals surface area contributed by atoms with Crippen LogP contribution in [0.5, 0.6) is 0 Å². The molecule has 4 amide bonds. The molecule has 324 valence electrons. The van der Waals surface area contributed by atoms with Crippen molar-refractivity contribution in [3.05, 3.63) is 131 Å². The highest BCUT2D eigenvalue weighted by molar-refractivity contribution is 6.07. The van der Waals surface area contributed by atoms with Gasteiger partial charge in [0.05, 0.1) is 0 Å². The largest absolute Gasteiger partial charge is 0.444 e. The van der Waals surface area contributed by atoms with Crippen LogP contribution in [-0.4, -0.2) is 83.0 Å². The molecule has 0 aliphatic heterocycles. The number of carbonyl (C=O) groups excluding carboxylic acids is 4. The smallest absolute Gasteiger partial charge is 0.410 e.